The highest BCUT2D eigenvalue weighted by Gasteiger charge is 2.10. The number of Topliss-reactive ketones (excluding diaryl/α,β-unsaturated/α-hetero) is 1. The van der Waals surface area contributed by atoms with Crippen LogP contribution in [0.4, 0.5) is 0 Å². The van der Waals surface area contributed by atoms with Gasteiger partial charge in [0.1, 0.15) is 0 Å². The van der Waals surface area contributed by atoms with Crippen molar-refractivity contribution in [1.29, 1.82) is 0 Å². The summed E-state index contributed by atoms with van der Waals surface area (Å²) in [5.74, 6) is 0.0320. The first-order valence-corrected chi connectivity index (χ1v) is 7.34. The lowest BCUT2D eigenvalue weighted by Gasteiger charge is -2.04. The Kier molecular flexibility index (Phi) is 5.03. The zero-order chi connectivity index (χ0) is 13.8. The van der Waals surface area contributed by atoms with Crippen molar-refractivity contribution in [2.45, 2.75) is 12.8 Å². The summed E-state index contributed by atoms with van der Waals surface area (Å²) in [6.07, 6.45) is 1.13. The number of hydrogen-bond donors (Lipinski definition) is 0. The first kappa shape index (κ1) is 14.6. The molecule has 2 aromatic carbocycles. The van der Waals surface area contributed by atoms with Gasteiger partial charge in [-0.15, -0.1) is 0 Å². The van der Waals surface area contributed by atoms with Crippen LogP contribution in [0.3, 0.4) is 0 Å². The highest BCUT2D eigenvalue weighted by atomic mass is 79.9. The van der Waals surface area contributed by atoms with Crippen LogP contribution < -0.4 is 0 Å². The summed E-state index contributed by atoms with van der Waals surface area (Å²) in [4.78, 5) is 12.1. The summed E-state index contributed by atoms with van der Waals surface area (Å²) in [5.41, 5.74) is 1.66. The highest BCUT2D eigenvalue weighted by Crippen LogP contribution is 2.22. The van der Waals surface area contributed by atoms with Gasteiger partial charge in [-0.2, -0.15) is 0 Å². The zero-order valence-electron chi connectivity index (χ0n) is 10.00. The van der Waals surface area contributed by atoms with Gasteiger partial charge in [0.15, 0.2) is 5.78 Å². The molecule has 1 nitrogen and oxygen atoms in total. The summed E-state index contributed by atoms with van der Waals surface area (Å²) in [6.45, 7) is 0. The minimum Gasteiger partial charge on any atom is -0.294 e. The molecule has 0 heterocycles. The van der Waals surface area contributed by atoms with Crippen molar-refractivity contribution < 1.29 is 4.79 Å². The third-order valence-electron chi connectivity index (χ3n) is 2.79. The SMILES string of the molecule is O=C(CCc1ccc(Br)cc1)c1ccc(Cl)cc1Cl. The molecule has 0 saturated carbocycles. The molecule has 0 radical (unpaired) electrons. The molecule has 0 fully saturated rings. The van der Waals surface area contributed by atoms with Crippen LogP contribution in [0.25, 0.3) is 0 Å². The molecule has 19 heavy (non-hydrogen) atoms. The van der Waals surface area contributed by atoms with Gasteiger partial charge in [0.25, 0.3) is 0 Å². The van der Waals surface area contributed by atoms with Gasteiger partial charge in [-0.25, -0.2) is 0 Å². The first-order chi connectivity index (χ1) is 9.06. The lowest BCUT2D eigenvalue weighted by Crippen LogP contribution is -2.02. The van der Waals surface area contributed by atoms with E-state index in [1.807, 2.05) is 24.3 Å². The first-order valence-electron chi connectivity index (χ1n) is 5.79. The molecule has 4 heteroatoms. The number of benzene rings is 2. The zero-order valence-corrected chi connectivity index (χ0v) is 13.1. The third kappa shape index (κ3) is 4.07. The Morgan fingerprint density at radius 3 is 2.37 bits per heavy atom. The average Bonchev–Trinajstić information content (AvgIpc) is 2.37. The van der Waals surface area contributed by atoms with Crippen molar-refractivity contribution in [2.75, 3.05) is 0 Å². The van der Waals surface area contributed by atoms with E-state index in [0.717, 1.165) is 10.0 Å². The standard InChI is InChI=1S/C15H11BrCl2O/c16-11-4-1-10(2-5-11)3-8-15(19)13-7-6-12(17)9-14(13)18/h1-2,4-7,9H,3,8H2. The van der Waals surface area contributed by atoms with Crippen LogP contribution in [0.2, 0.25) is 10.0 Å². The molecular formula is C15H11BrCl2O. The molecule has 2 rings (SSSR count). The topological polar surface area (TPSA) is 17.1 Å². The minimum atomic E-state index is 0.0320. The molecule has 0 amide bonds. The molecule has 0 saturated heterocycles. The predicted octanol–water partition coefficient (Wildman–Crippen LogP) is 5.57. The van der Waals surface area contributed by atoms with E-state index < -0.39 is 0 Å². The monoisotopic (exact) mass is 356 g/mol. The molecule has 0 spiro atoms. The molecule has 0 aliphatic rings. The minimum absolute atomic E-state index is 0.0320. The molecule has 0 aliphatic carbocycles. The van der Waals surface area contributed by atoms with Crippen LogP contribution in [0.5, 0.6) is 0 Å². The number of ketones is 1. The molecule has 0 bridgehead atoms. The second-order valence-electron chi connectivity index (χ2n) is 4.17. The molecule has 0 atom stereocenters. The fourth-order valence-electron chi connectivity index (χ4n) is 1.76. The molecule has 0 unspecified atom stereocenters. The van der Waals surface area contributed by atoms with Gasteiger partial charge in [-0.3, -0.25) is 4.79 Å². The van der Waals surface area contributed by atoms with Crippen molar-refractivity contribution in [3.63, 3.8) is 0 Å². The number of halogens is 3. The summed E-state index contributed by atoms with van der Waals surface area (Å²) >= 11 is 15.2. The molecule has 98 valence electrons. The Labute approximate surface area is 130 Å². The van der Waals surface area contributed by atoms with Gasteiger partial charge in [-0.05, 0) is 42.3 Å². The maximum Gasteiger partial charge on any atom is 0.164 e. The van der Waals surface area contributed by atoms with Crippen LogP contribution in [-0.4, -0.2) is 5.78 Å². The number of carbonyl (C=O) groups is 1. The number of hydrogen-bond acceptors (Lipinski definition) is 1. The molecule has 0 aromatic heterocycles. The maximum atomic E-state index is 12.1. The maximum absolute atomic E-state index is 12.1. The van der Waals surface area contributed by atoms with Gasteiger partial charge in [0, 0.05) is 21.5 Å². The molecule has 2 aromatic rings. The Balaban J connectivity index is 2.03. The highest BCUT2D eigenvalue weighted by molar-refractivity contribution is 9.10. The van der Waals surface area contributed by atoms with E-state index in [0.29, 0.717) is 28.5 Å². The fourth-order valence-corrected chi connectivity index (χ4v) is 2.54. The fraction of sp³-hybridized carbons (Fsp3) is 0.133. The van der Waals surface area contributed by atoms with E-state index in [2.05, 4.69) is 15.9 Å². The quantitative estimate of drug-likeness (QED) is 0.653. The van der Waals surface area contributed by atoms with Crippen molar-refractivity contribution in [2.24, 2.45) is 0 Å². The van der Waals surface area contributed by atoms with E-state index in [1.165, 1.54) is 0 Å². The third-order valence-corrected chi connectivity index (χ3v) is 3.86. The molecular weight excluding hydrogens is 347 g/mol. The summed E-state index contributed by atoms with van der Waals surface area (Å²) in [5, 5.41) is 0.947. The Morgan fingerprint density at radius 1 is 1.05 bits per heavy atom. The smallest absolute Gasteiger partial charge is 0.164 e. The van der Waals surface area contributed by atoms with Gasteiger partial charge in [-0.1, -0.05) is 51.3 Å². The van der Waals surface area contributed by atoms with Crippen molar-refractivity contribution >= 4 is 44.9 Å². The van der Waals surface area contributed by atoms with Crippen molar-refractivity contribution in [1.82, 2.24) is 0 Å². The normalized spacial score (nSPS) is 10.5. The number of rotatable bonds is 4. The van der Waals surface area contributed by atoms with Crippen LogP contribution in [0.15, 0.2) is 46.9 Å². The van der Waals surface area contributed by atoms with E-state index in [4.69, 9.17) is 23.2 Å². The van der Waals surface area contributed by atoms with Crippen LogP contribution in [0.1, 0.15) is 22.3 Å². The Bertz CT molecular complexity index is 594. The van der Waals surface area contributed by atoms with Gasteiger partial charge < -0.3 is 0 Å². The molecule has 0 aliphatic heterocycles. The second-order valence-corrected chi connectivity index (χ2v) is 5.93. The van der Waals surface area contributed by atoms with Gasteiger partial charge in [0.2, 0.25) is 0 Å². The van der Waals surface area contributed by atoms with E-state index in [9.17, 15) is 4.79 Å². The van der Waals surface area contributed by atoms with E-state index >= 15 is 0 Å². The van der Waals surface area contributed by atoms with Crippen LogP contribution in [-0.2, 0) is 6.42 Å². The largest absolute Gasteiger partial charge is 0.294 e. The summed E-state index contributed by atoms with van der Waals surface area (Å²) < 4.78 is 1.03. The second kappa shape index (κ2) is 6.56. The summed E-state index contributed by atoms with van der Waals surface area (Å²) in [7, 11) is 0. The lowest BCUT2D eigenvalue weighted by molar-refractivity contribution is 0.0983. The average molecular weight is 358 g/mol. The van der Waals surface area contributed by atoms with E-state index in [1.54, 1.807) is 18.2 Å². The Hall–Kier alpha value is -0.830. The van der Waals surface area contributed by atoms with Crippen molar-refractivity contribution in [3.8, 4) is 0 Å². The summed E-state index contributed by atoms with van der Waals surface area (Å²) in [6, 6.07) is 12.9. The lowest BCUT2D eigenvalue weighted by atomic mass is 10.0. The molecule has 0 N–H and O–H groups in total. The Morgan fingerprint density at radius 2 is 1.74 bits per heavy atom. The predicted molar refractivity (Wildman–Crippen MR) is 83.3 cm³/mol. The van der Waals surface area contributed by atoms with Crippen LogP contribution in [0, 0.1) is 0 Å². The number of aryl methyl sites for hydroxylation is 1. The van der Waals surface area contributed by atoms with Crippen molar-refractivity contribution in [3.05, 3.63) is 68.1 Å². The van der Waals surface area contributed by atoms with Crippen LogP contribution >= 0.6 is 39.1 Å². The van der Waals surface area contributed by atoms with E-state index in [-0.39, 0.29) is 5.78 Å². The number of carbonyl (C=O) groups excluding carboxylic acids is 1. The van der Waals surface area contributed by atoms with Gasteiger partial charge >= 0.3 is 0 Å². The van der Waals surface area contributed by atoms with Gasteiger partial charge in [0.05, 0.1) is 5.02 Å².